The highest BCUT2D eigenvalue weighted by molar-refractivity contribution is 6.57. The molecule has 0 aliphatic heterocycles. The SMILES string of the molecule is O=C(O)c1cc(-c2c(Cl)c(Cl)c(Cl)c(Cl)c2Cl)cnc1-c1c(Cl)c(Cl)c(Cl)c(Cl)c1Cl. The molecular formula is C18H3Cl10NO2. The summed E-state index contributed by atoms with van der Waals surface area (Å²) in [5.41, 5.74) is -0.130. The molecule has 0 radical (unpaired) electrons. The van der Waals surface area contributed by atoms with Crippen molar-refractivity contribution in [2.45, 2.75) is 0 Å². The van der Waals surface area contributed by atoms with Gasteiger partial charge in [0.2, 0.25) is 0 Å². The molecular weight excluding hydrogens is 617 g/mol. The van der Waals surface area contributed by atoms with Gasteiger partial charge in [0.1, 0.15) is 0 Å². The van der Waals surface area contributed by atoms with Gasteiger partial charge in [0.25, 0.3) is 0 Å². The number of pyridine rings is 1. The van der Waals surface area contributed by atoms with Crippen molar-refractivity contribution in [3.63, 3.8) is 0 Å². The van der Waals surface area contributed by atoms with Crippen LogP contribution in [0.5, 0.6) is 0 Å². The Labute approximate surface area is 225 Å². The normalized spacial score (nSPS) is 11.2. The lowest BCUT2D eigenvalue weighted by atomic mass is 10.0. The maximum absolute atomic E-state index is 12.0. The highest BCUT2D eigenvalue weighted by atomic mass is 35.5. The second-order valence-electron chi connectivity index (χ2n) is 5.82. The van der Waals surface area contributed by atoms with Crippen molar-refractivity contribution >= 4 is 122 Å². The number of hydrogen-bond donors (Lipinski definition) is 1. The lowest BCUT2D eigenvalue weighted by Crippen LogP contribution is -2.04. The van der Waals surface area contributed by atoms with Crippen molar-refractivity contribution in [1.82, 2.24) is 4.98 Å². The first kappa shape index (κ1) is 25.6. The van der Waals surface area contributed by atoms with E-state index in [9.17, 15) is 9.90 Å². The van der Waals surface area contributed by atoms with Crippen LogP contribution < -0.4 is 0 Å². The van der Waals surface area contributed by atoms with Gasteiger partial charge in [0, 0.05) is 22.9 Å². The van der Waals surface area contributed by atoms with E-state index >= 15 is 0 Å². The minimum Gasteiger partial charge on any atom is -0.478 e. The molecule has 0 atom stereocenters. The zero-order valence-electron chi connectivity index (χ0n) is 14.2. The Morgan fingerprint density at radius 2 is 0.968 bits per heavy atom. The van der Waals surface area contributed by atoms with Gasteiger partial charge in [-0.2, -0.15) is 0 Å². The molecule has 31 heavy (non-hydrogen) atoms. The molecule has 0 spiro atoms. The maximum atomic E-state index is 12.0. The van der Waals surface area contributed by atoms with Gasteiger partial charge in [-0.05, 0) is 6.07 Å². The highest BCUT2D eigenvalue weighted by Crippen LogP contribution is 2.50. The first-order chi connectivity index (χ1) is 14.4. The van der Waals surface area contributed by atoms with Crippen LogP contribution in [0.15, 0.2) is 12.3 Å². The number of benzene rings is 2. The lowest BCUT2D eigenvalue weighted by Gasteiger charge is -2.16. The third-order valence-corrected chi connectivity index (χ3v) is 8.62. The summed E-state index contributed by atoms with van der Waals surface area (Å²) in [5.74, 6) is -1.36. The number of aromatic nitrogens is 1. The summed E-state index contributed by atoms with van der Waals surface area (Å²) < 4.78 is 0. The van der Waals surface area contributed by atoms with Crippen molar-refractivity contribution in [3.05, 3.63) is 68.1 Å². The second kappa shape index (κ2) is 9.68. The summed E-state index contributed by atoms with van der Waals surface area (Å²) >= 11 is 61.5. The molecule has 162 valence electrons. The molecule has 3 aromatic rings. The molecule has 2 aromatic carbocycles. The molecule has 0 saturated heterocycles. The smallest absolute Gasteiger partial charge is 0.337 e. The van der Waals surface area contributed by atoms with Crippen molar-refractivity contribution < 1.29 is 9.90 Å². The number of halogens is 10. The standard InChI is InChI=1S/C18H3Cl10NO2/c19-7-5(8(20)12(24)15(27)11(7)23)3-1-4(18(30)31)17(29-2-3)6-9(21)13(25)16(28)14(26)10(6)22/h1-2H,(H,30,31). The van der Waals surface area contributed by atoms with E-state index < -0.39 is 5.97 Å². The molecule has 0 fully saturated rings. The van der Waals surface area contributed by atoms with Gasteiger partial charge in [-0.1, -0.05) is 116 Å². The van der Waals surface area contributed by atoms with E-state index in [1.807, 2.05) is 0 Å². The Hall–Kier alpha value is -0.0400. The van der Waals surface area contributed by atoms with Crippen molar-refractivity contribution in [3.8, 4) is 22.4 Å². The average molecular weight is 620 g/mol. The number of aromatic carboxylic acids is 1. The van der Waals surface area contributed by atoms with Crippen LogP contribution in [0.3, 0.4) is 0 Å². The lowest BCUT2D eigenvalue weighted by molar-refractivity contribution is 0.0697. The quantitative estimate of drug-likeness (QED) is 0.234. The number of hydrogen-bond acceptors (Lipinski definition) is 2. The predicted octanol–water partition coefficient (Wildman–Crippen LogP) is 10.6. The molecule has 0 aliphatic rings. The fourth-order valence-corrected chi connectivity index (χ4v) is 5.31. The molecule has 3 rings (SSSR count). The third kappa shape index (κ3) is 4.40. The van der Waals surface area contributed by atoms with Crippen LogP contribution in [-0.4, -0.2) is 16.1 Å². The van der Waals surface area contributed by atoms with Gasteiger partial charge in [-0.3, -0.25) is 4.98 Å². The van der Waals surface area contributed by atoms with Gasteiger partial charge >= 0.3 is 5.97 Å². The molecule has 13 heteroatoms. The van der Waals surface area contributed by atoms with E-state index in [0.29, 0.717) is 0 Å². The topological polar surface area (TPSA) is 50.2 Å². The van der Waals surface area contributed by atoms with Gasteiger partial charge in [0.05, 0.1) is 61.5 Å². The van der Waals surface area contributed by atoms with Crippen LogP contribution in [-0.2, 0) is 0 Å². The average Bonchev–Trinajstić information content (AvgIpc) is 2.74. The zero-order chi connectivity index (χ0) is 23.4. The van der Waals surface area contributed by atoms with Gasteiger partial charge in [-0.15, -0.1) is 0 Å². The highest BCUT2D eigenvalue weighted by Gasteiger charge is 2.27. The summed E-state index contributed by atoms with van der Waals surface area (Å²) in [6.07, 6.45) is 1.28. The first-order valence-corrected chi connectivity index (χ1v) is 11.4. The Morgan fingerprint density at radius 1 is 0.613 bits per heavy atom. The van der Waals surface area contributed by atoms with Crippen LogP contribution in [0, 0.1) is 0 Å². The Morgan fingerprint density at radius 3 is 1.35 bits per heavy atom. The molecule has 0 saturated carbocycles. The minimum atomic E-state index is -1.36. The van der Waals surface area contributed by atoms with Crippen LogP contribution in [0.2, 0.25) is 50.2 Å². The van der Waals surface area contributed by atoms with Crippen molar-refractivity contribution in [1.29, 1.82) is 0 Å². The number of carbonyl (C=O) groups is 1. The molecule has 1 heterocycles. The Balaban J connectivity index is 2.37. The molecule has 1 N–H and O–H groups in total. The summed E-state index contributed by atoms with van der Waals surface area (Å²) in [6, 6.07) is 1.24. The molecule has 3 nitrogen and oxygen atoms in total. The summed E-state index contributed by atoms with van der Waals surface area (Å²) in [7, 11) is 0. The number of carboxylic acids is 1. The van der Waals surface area contributed by atoms with E-state index in [2.05, 4.69) is 4.98 Å². The van der Waals surface area contributed by atoms with Crippen molar-refractivity contribution in [2.75, 3.05) is 0 Å². The maximum Gasteiger partial charge on any atom is 0.337 e. The second-order valence-corrected chi connectivity index (χ2v) is 9.59. The van der Waals surface area contributed by atoms with Gasteiger partial charge < -0.3 is 5.11 Å². The first-order valence-electron chi connectivity index (χ1n) is 7.67. The predicted molar refractivity (Wildman–Crippen MR) is 132 cm³/mol. The minimum absolute atomic E-state index is 0.0175. The van der Waals surface area contributed by atoms with Gasteiger partial charge in [0.15, 0.2) is 0 Å². The monoisotopic (exact) mass is 615 g/mol. The van der Waals surface area contributed by atoms with E-state index in [-0.39, 0.29) is 78.2 Å². The molecule has 0 unspecified atom stereocenters. The molecule has 0 bridgehead atoms. The summed E-state index contributed by atoms with van der Waals surface area (Å²) in [4.78, 5) is 16.2. The fourth-order valence-electron chi connectivity index (χ4n) is 2.63. The zero-order valence-corrected chi connectivity index (χ0v) is 21.8. The summed E-state index contributed by atoms with van der Waals surface area (Å²) in [5, 5.41) is 8.99. The number of rotatable bonds is 3. The van der Waals surface area contributed by atoms with Crippen LogP contribution in [0.1, 0.15) is 10.4 Å². The number of carboxylic acid groups (broad SMARTS) is 1. The van der Waals surface area contributed by atoms with E-state index in [1.54, 1.807) is 0 Å². The largest absolute Gasteiger partial charge is 0.478 e. The Kier molecular flexibility index (Phi) is 7.98. The summed E-state index contributed by atoms with van der Waals surface area (Å²) in [6.45, 7) is 0. The molecule has 1 aromatic heterocycles. The molecule has 0 amide bonds. The number of nitrogens with zero attached hydrogens (tertiary/aromatic N) is 1. The van der Waals surface area contributed by atoms with Crippen molar-refractivity contribution in [2.24, 2.45) is 0 Å². The van der Waals surface area contributed by atoms with E-state index in [1.165, 1.54) is 12.3 Å². The van der Waals surface area contributed by atoms with Crippen LogP contribution >= 0.6 is 116 Å². The van der Waals surface area contributed by atoms with Crippen LogP contribution in [0.25, 0.3) is 22.4 Å². The van der Waals surface area contributed by atoms with Crippen LogP contribution in [0.4, 0.5) is 0 Å². The fraction of sp³-hybridized carbons (Fsp3) is 0. The van der Waals surface area contributed by atoms with Gasteiger partial charge in [-0.25, -0.2) is 4.79 Å². The molecule has 0 aliphatic carbocycles. The van der Waals surface area contributed by atoms with E-state index in [0.717, 1.165) is 0 Å². The Bertz CT molecular complexity index is 1220. The third-order valence-electron chi connectivity index (χ3n) is 4.06. The van der Waals surface area contributed by atoms with E-state index in [4.69, 9.17) is 116 Å².